The molecule has 0 bridgehead atoms. The van der Waals surface area contributed by atoms with E-state index in [9.17, 15) is 0 Å². The van der Waals surface area contributed by atoms with E-state index in [-0.39, 0.29) is 5.92 Å². The summed E-state index contributed by atoms with van der Waals surface area (Å²) in [6.45, 7) is 1.45. The van der Waals surface area contributed by atoms with Gasteiger partial charge in [-0.2, -0.15) is 4.98 Å². The van der Waals surface area contributed by atoms with Gasteiger partial charge in [-0.3, -0.25) is 0 Å². The van der Waals surface area contributed by atoms with Gasteiger partial charge >= 0.3 is 0 Å². The molecule has 6 nitrogen and oxygen atoms in total. The van der Waals surface area contributed by atoms with Gasteiger partial charge in [0.05, 0.1) is 12.9 Å². The molecule has 6 heteroatoms. The fourth-order valence-electron chi connectivity index (χ4n) is 2.44. The Morgan fingerprint density at radius 2 is 2.10 bits per heavy atom. The molecule has 1 saturated heterocycles. The molecule has 0 amide bonds. The molecule has 0 radical (unpaired) electrons. The van der Waals surface area contributed by atoms with Gasteiger partial charge in [0.25, 0.3) is 5.89 Å². The highest BCUT2D eigenvalue weighted by Gasteiger charge is 2.23. The highest BCUT2D eigenvalue weighted by atomic mass is 16.5. The summed E-state index contributed by atoms with van der Waals surface area (Å²) < 4.78 is 12.7. The zero-order valence-electron chi connectivity index (χ0n) is 11.3. The summed E-state index contributed by atoms with van der Waals surface area (Å²) in [5.41, 5.74) is 1.96. The Bertz CT molecular complexity index is 712. The van der Waals surface area contributed by atoms with Crippen molar-refractivity contribution in [2.45, 2.75) is 12.3 Å². The summed E-state index contributed by atoms with van der Waals surface area (Å²) in [6, 6.07) is 7.94. The summed E-state index contributed by atoms with van der Waals surface area (Å²) in [5.74, 6) is 1.54. The molecule has 3 heterocycles. The quantitative estimate of drug-likeness (QED) is 0.738. The Labute approximate surface area is 121 Å². The van der Waals surface area contributed by atoms with E-state index in [4.69, 9.17) is 9.26 Å². The first-order valence-corrected chi connectivity index (χ1v) is 6.90. The molecule has 0 spiro atoms. The Hall–Kier alpha value is -2.47. The van der Waals surface area contributed by atoms with Crippen molar-refractivity contribution >= 4 is 0 Å². The van der Waals surface area contributed by atoms with Crippen molar-refractivity contribution < 1.29 is 9.26 Å². The van der Waals surface area contributed by atoms with Crippen LogP contribution in [0.2, 0.25) is 0 Å². The highest BCUT2D eigenvalue weighted by Crippen LogP contribution is 2.26. The molecule has 4 rings (SSSR count). The molecule has 2 aromatic heterocycles. The van der Waals surface area contributed by atoms with Gasteiger partial charge in [-0.15, -0.1) is 0 Å². The maximum Gasteiger partial charge on any atom is 0.257 e. The van der Waals surface area contributed by atoms with Crippen molar-refractivity contribution in [3.05, 3.63) is 48.8 Å². The van der Waals surface area contributed by atoms with Gasteiger partial charge in [-0.1, -0.05) is 5.16 Å². The van der Waals surface area contributed by atoms with E-state index < -0.39 is 0 Å². The number of ether oxygens (including phenoxy) is 1. The average molecular weight is 282 g/mol. The van der Waals surface area contributed by atoms with E-state index in [0.29, 0.717) is 12.5 Å². The molecule has 0 saturated carbocycles. The summed E-state index contributed by atoms with van der Waals surface area (Å²) in [4.78, 5) is 8.51. The predicted octanol–water partition coefficient (Wildman–Crippen LogP) is 2.43. The molecule has 0 N–H and O–H groups in total. The first-order valence-electron chi connectivity index (χ1n) is 6.90. The zero-order chi connectivity index (χ0) is 14.1. The van der Waals surface area contributed by atoms with Crippen LogP contribution in [0.15, 0.2) is 47.5 Å². The minimum atomic E-state index is 0.257. The minimum absolute atomic E-state index is 0.257. The van der Waals surface area contributed by atoms with E-state index in [0.717, 1.165) is 30.1 Å². The molecule has 1 aliphatic heterocycles. The monoisotopic (exact) mass is 282 g/mol. The normalized spacial score (nSPS) is 18.2. The molecular weight excluding hydrogens is 268 g/mol. The van der Waals surface area contributed by atoms with Crippen LogP contribution in [0.1, 0.15) is 18.2 Å². The molecule has 1 unspecified atom stereocenters. The van der Waals surface area contributed by atoms with Crippen molar-refractivity contribution in [3.8, 4) is 17.1 Å². The lowest BCUT2D eigenvalue weighted by Crippen LogP contribution is -1.99. The van der Waals surface area contributed by atoms with E-state index in [1.807, 2.05) is 35.0 Å². The van der Waals surface area contributed by atoms with Crippen molar-refractivity contribution in [3.63, 3.8) is 0 Å². The second kappa shape index (κ2) is 5.14. The average Bonchev–Trinajstić information content (AvgIpc) is 3.27. The number of benzene rings is 1. The van der Waals surface area contributed by atoms with Gasteiger partial charge in [0.2, 0.25) is 0 Å². The van der Waals surface area contributed by atoms with Gasteiger partial charge in [-0.05, 0) is 30.7 Å². The standard InChI is InChI=1S/C15H14N4O2/c1-3-13(19-7-6-16-10-19)4-2-11(1)15-17-14(18-21-15)12-5-8-20-9-12/h1-4,6-7,10,12H,5,8-9H2. The largest absolute Gasteiger partial charge is 0.381 e. The molecule has 3 aromatic rings. The fraction of sp³-hybridized carbons (Fsp3) is 0.267. The zero-order valence-corrected chi connectivity index (χ0v) is 11.3. The molecule has 1 aliphatic rings. The SMILES string of the molecule is c1cn(-c2ccc(-c3nc(C4CCOC4)no3)cc2)cn1. The highest BCUT2D eigenvalue weighted by molar-refractivity contribution is 5.55. The topological polar surface area (TPSA) is 66.0 Å². The van der Waals surface area contributed by atoms with E-state index in [1.54, 1.807) is 12.5 Å². The van der Waals surface area contributed by atoms with Crippen LogP contribution in [0, 0.1) is 0 Å². The van der Waals surface area contributed by atoms with Crippen molar-refractivity contribution in [2.75, 3.05) is 13.2 Å². The molecule has 0 aliphatic carbocycles. The van der Waals surface area contributed by atoms with E-state index >= 15 is 0 Å². The molecular formula is C15H14N4O2. The van der Waals surface area contributed by atoms with Crippen LogP contribution in [-0.4, -0.2) is 32.9 Å². The molecule has 1 aromatic carbocycles. The van der Waals surface area contributed by atoms with Gasteiger partial charge in [0.15, 0.2) is 5.82 Å². The van der Waals surface area contributed by atoms with Gasteiger partial charge in [-0.25, -0.2) is 4.98 Å². The maximum absolute atomic E-state index is 5.36. The second-order valence-electron chi connectivity index (χ2n) is 5.04. The van der Waals surface area contributed by atoms with Crippen molar-refractivity contribution in [1.29, 1.82) is 0 Å². The third-order valence-corrected chi connectivity index (χ3v) is 3.65. The lowest BCUT2D eigenvalue weighted by molar-refractivity contribution is 0.192. The van der Waals surface area contributed by atoms with Crippen LogP contribution in [0.25, 0.3) is 17.1 Å². The van der Waals surface area contributed by atoms with Gasteiger partial charge in [0, 0.05) is 36.2 Å². The van der Waals surface area contributed by atoms with Crippen molar-refractivity contribution in [1.82, 2.24) is 19.7 Å². The van der Waals surface area contributed by atoms with Gasteiger partial charge < -0.3 is 13.8 Å². The van der Waals surface area contributed by atoms with Crippen LogP contribution in [-0.2, 0) is 4.74 Å². The van der Waals surface area contributed by atoms with E-state index in [1.165, 1.54) is 0 Å². The second-order valence-corrected chi connectivity index (χ2v) is 5.04. The molecule has 1 fully saturated rings. The smallest absolute Gasteiger partial charge is 0.257 e. The molecule has 1 atom stereocenters. The fourth-order valence-corrected chi connectivity index (χ4v) is 2.44. The van der Waals surface area contributed by atoms with Crippen LogP contribution in [0.4, 0.5) is 0 Å². The number of hydrogen-bond acceptors (Lipinski definition) is 5. The van der Waals surface area contributed by atoms with Crippen LogP contribution in [0.5, 0.6) is 0 Å². The summed E-state index contributed by atoms with van der Waals surface area (Å²) >= 11 is 0. The minimum Gasteiger partial charge on any atom is -0.381 e. The Kier molecular flexibility index (Phi) is 3.01. The van der Waals surface area contributed by atoms with Crippen LogP contribution >= 0.6 is 0 Å². The van der Waals surface area contributed by atoms with Crippen LogP contribution < -0.4 is 0 Å². The number of aromatic nitrogens is 4. The predicted molar refractivity (Wildman–Crippen MR) is 75.0 cm³/mol. The summed E-state index contributed by atoms with van der Waals surface area (Å²) in [7, 11) is 0. The Morgan fingerprint density at radius 3 is 2.81 bits per heavy atom. The number of nitrogens with zero attached hydrogens (tertiary/aromatic N) is 4. The van der Waals surface area contributed by atoms with Crippen LogP contribution in [0.3, 0.4) is 0 Å². The first kappa shape index (κ1) is 12.3. The Morgan fingerprint density at radius 1 is 1.19 bits per heavy atom. The number of hydrogen-bond donors (Lipinski definition) is 0. The lowest BCUT2D eigenvalue weighted by atomic mass is 10.1. The summed E-state index contributed by atoms with van der Waals surface area (Å²) in [5, 5.41) is 4.07. The Balaban J connectivity index is 1.58. The summed E-state index contributed by atoms with van der Waals surface area (Å²) in [6.07, 6.45) is 6.38. The number of imidazole rings is 1. The number of rotatable bonds is 3. The first-order chi connectivity index (χ1) is 10.4. The lowest BCUT2D eigenvalue weighted by Gasteiger charge is -2.02. The third kappa shape index (κ3) is 2.34. The molecule has 21 heavy (non-hydrogen) atoms. The third-order valence-electron chi connectivity index (χ3n) is 3.65. The van der Waals surface area contributed by atoms with E-state index in [2.05, 4.69) is 15.1 Å². The van der Waals surface area contributed by atoms with Crippen molar-refractivity contribution in [2.24, 2.45) is 0 Å². The van der Waals surface area contributed by atoms with Gasteiger partial charge in [0.1, 0.15) is 0 Å². The molecule has 106 valence electrons. The maximum atomic E-state index is 5.36.